The molecule has 0 fully saturated rings. The van der Waals surface area contributed by atoms with Gasteiger partial charge in [-0.2, -0.15) is 0 Å². The Morgan fingerprint density at radius 1 is 1.89 bits per heavy atom. The van der Waals surface area contributed by atoms with Crippen LogP contribution in [-0.4, -0.2) is 11.9 Å². The van der Waals surface area contributed by atoms with Crippen molar-refractivity contribution in [2.24, 2.45) is 0 Å². The molecule has 52 valence electrons. The van der Waals surface area contributed by atoms with Crippen LogP contribution >= 0.6 is 29.2 Å². The first kappa shape index (κ1) is 9.49. The lowest BCUT2D eigenvalue weighted by Crippen LogP contribution is -1.72. The molecule has 0 saturated carbocycles. The van der Waals surface area contributed by atoms with Gasteiger partial charge < -0.3 is 4.57 Å². The van der Waals surface area contributed by atoms with Crippen molar-refractivity contribution in [3.05, 3.63) is 0 Å². The van der Waals surface area contributed by atoms with Crippen molar-refractivity contribution in [1.29, 1.82) is 0 Å². The lowest BCUT2D eigenvalue weighted by Gasteiger charge is -2.03. The minimum atomic E-state index is -2.22. The Bertz CT molecular complexity index is 161. The molecule has 0 radical (unpaired) electrons. The molecule has 1 nitrogen and oxygen atoms in total. The summed E-state index contributed by atoms with van der Waals surface area (Å²) < 4.78 is 11.1. The number of terminal acetylenes is 1. The van der Waals surface area contributed by atoms with Gasteiger partial charge in [0.2, 0.25) is 0 Å². The molecule has 4 heteroatoms. The lowest BCUT2D eigenvalue weighted by molar-refractivity contribution is 0.594. The minimum absolute atomic E-state index is 0.495. The van der Waals surface area contributed by atoms with Crippen LogP contribution in [0.3, 0.4) is 0 Å². The molecule has 0 aliphatic rings. The number of thiol groups is 1. The zero-order chi connectivity index (χ0) is 7.33. The van der Waals surface area contributed by atoms with Crippen LogP contribution in [-0.2, 0) is 4.57 Å². The third-order valence-corrected chi connectivity index (χ3v) is 6.51. The molecule has 0 heterocycles. The molecular formula is C5H9OPS2. The second-order valence-electron chi connectivity index (χ2n) is 1.43. The predicted molar refractivity (Wildman–Crippen MR) is 48.4 cm³/mol. The van der Waals surface area contributed by atoms with Crippen LogP contribution in [0.2, 0.25) is 0 Å². The van der Waals surface area contributed by atoms with Crippen molar-refractivity contribution >= 4 is 29.2 Å². The molecule has 0 amide bonds. The molecule has 0 aromatic carbocycles. The van der Waals surface area contributed by atoms with E-state index in [9.17, 15) is 4.57 Å². The van der Waals surface area contributed by atoms with Gasteiger partial charge in [-0.15, -0.1) is 18.7 Å². The largest absolute Gasteiger partial charge is 0.301 e. The molecule has 0 aromatic heterocycles. The molecule has 0 rings (SSSR count). The fourth-order valence-corrected chi connectivity index (χ4v) is 2.58. The van der Waals surface area contributed by atoms with Gasteiger partial charge >= 0.3 is 0 Å². The molecule has 0 aliphatic carbocycles. The number of rotatable bonds is 3. The maximum atomic E-state index is 11.1. The molecule has 0 N–H and O–H groups in total. The van der Waals surface area contributed by atoms with E-state index < -0.39 is 5.55 Å². The van der Waals surface area contributed by atoms with E-state index in [2.05, 4.69) is 18.2 Å². The summed E-state index contributed by atoms with van der Waals surface area (Å²) in [6, 6.07) is 0. The summed E-state index contributed by atoms with van der Waals surface area (Å²) in [4.78, 5) is 0. The number of hydrogen-bond donors (Lipinski definition) is 1. The van der Waals surface area contributed by atoms with E-state index in [4.69, 9.17) is 6.42 Å². The van der Waals surface area contributed by atoms with E-state index in [0.717, 1.165) is 0 Å². The second-order valence-corrected chi connectivity index (χ2v) is 9.18. The van der Waals surface area contributed by atoms with Crippen molar-refractivity contribution in [1.82, 2.24) is 0 Å². The summed E-state index contributed by atoms with van der Waals surface area (Å²) in [5.74, 6) is 2.89. The standard InChI is InChI=1S/C5H9OPS2/c1-3-5-9-7(6,8)4-2/h1H,4-5H2,2H3,(H,6,8). The van der Waals surface area contributed by atoms with Gasteiger partial charge in [0.1, 0.15) is 0 Å². The molecule has 1 unspecified atom stereocenters. The average molecular weight is 180 g/mol. The van der Waals surface area contributed by atoms with Crippen LogP contribution in [0.5, 0.6) is 0 Å². The molecular weight excluding hydrogens is 171 g/mol. The Morgan fingerprint density at radius 3 is 2.78 bits per heavy atom. The highest BCUT2D eigenvalue weighted by Crippen LogP contribution is 2.62. The van der Waals surface area contributed by atoms with E-state index in [0.29, 0.717) is 11.9 Å². The third kappa shape index (κ3) is 4.96. The van der Waals surface area contributed by atoms with Crippen molar-refractivity contribution in [3.8, 4) is 12.3 Å². The highest BCUT2D eigenvalue weighted by molar-refractivity contribution is 8.86. The van der Waals surface area contributed by atoms with Crippen LogP contribution in [0, 0.1) is 12.3 Å². The van der Waals surface area contributed by atoms with E-state index in [1.54, 1.807) is 0 Å². The molecule has 0 aliphatic heterocycles. The van der Waals surface area contributed by atoms with E-state index in [1.165, 1.54) is 11.4 Å². The van der Waals surface area contributed by atoms with Crippen LogP contribution in [0.4, 0.5) is 0 Å². The van der Waals surface area contributed by atoms with Crippen LogP contribution in [0.25, 0.3) is 0 Å². The summed E-state index contributed by atoms with van der Waals surface area (Å²) in [7, 11) is 0. The van der Waals surface area contributed by atoms with Gasteiger partial charge in [0.15, 0.2) is 5.55 Å². The molecule has 0 saturated heterocycles. The smallest absolute Gasteiger partial charge is 0.188 e. The fourth-order valence-electron chi connectivity index (χ4n) is 0.229. The summed E-state index contributed by atoms with van der Waals surface area (Å²) in [5, 5.41) is 0. The summed E-state index contributed by atoms with van der Waals surface area (Å²) in [5.41, 5.74) is -2.22. The van der Waals surface area contributed by atoms with Gasteiger partial charge in [-0.05, 0) is 0 Å². The second kappa shape index (κ2) is 4.33. The van der Waals surface area contributed by atoms with Gasteiger partial charge in [0, 0.05) is 6.16 Å². The summed E-state index contributed by atoms with van der Waals surface area (Å²) >= 11 is 5.21. The van der Waals surface area contributed by atoms with Gasteiger partial charge in [-0.1, -0.05) is 24.2 Å². The van der Waals surface area contributed by atoms with Crippen molar-refractivity contribution in [2.45, 2.75) is 6.92 Å². The zero-order valence-electron chi connectivity index (χ0n) is 5.20. The van der Waals surface area contributed by atoms with Crippen LogP contribution < -0.4 is 0 Å². The van der Waals surface area contributed by atoms with Crippen molar-refractivity contribution in [2.75, 3.05) is 11.9 Å². The highest BCUT2D eigenvalue weighted by Gasteiger charge is 2.11. The molecule has 1 atom stereocenters. The topological polar surface area (TPSA) is 17.1 Å². The van der Waals surface area contributed by atoms with E-state index >= 15 is 0 Å². The lowest BCUT2D eigenvalue weighted by atomic mass is 10.8. The van der Waals surface area contributed by atoms with Gasteiger partial charge in [-0.25, -0.2) is 0 Å². The normalized spacial score (nSPS) is 16.1. The zero-order valence-corrected chi connectivity index (χ0v) is 7.81. The minimum Gasteiger partial charge on any atom is -0.301 e. The van der Waals surface area contributed by atoms with Crippen molar-refractivity contribution in [3.63, 3.8) is 0 Å². The fraction of sp³-hybridized carbons (Fsp3) is 0.600. The SMILES string of the molecule is C#CCSP(=O)(S)CC. The number of hydrogen-bond acceptors (Lipinski definition) is 2. The van der Waals surface area contributed by atoms with E-state index in [-0.39, 0.29) is 0 Å². The monoisotopic (exact) mass is 180 g/mol. The molecule has 0 spiro atoms. The quantitative estimate of drug-likeness (QED) is 0.408. The van der Waals surface area contributed by atoms with Crippen molar-refractivity contribution < 1.29 is 4.57 Å². The van der Waals surface area contributed by atoms with Gasteiger partial charge in [-0.3, -0.25) is 0 Å². The first-order chi connectivity index (χ1) is 4.12. The maximum Gasteiger partial charge on any atom is 0.188 e. The first-order valence-corrected chi connectivity index (χ1v) is 7.15. The Labute approximate surface area is 65.3 Å². The third-order valence-electron chi connectivity index (χ3n) is 0.749. The highest BCUT2D eigenvalue weighted by atomic mass is 33.1. The first-order valence-electron chi connectivity index (χ1n) is 2.52. The predicted octanol–water partition coefficient (Wildman–Crippen LogP) is 2.50. The summed E-state index contributed by atoms with van der Waals surface area (Å²) in [6.07, 6.45) is 5.56. The Balaban J connectivity index is 3.63. The Kier molecular flexibility index (Phi) is 4.56. The average Bonchev–Trinajstić information content (AvgIpc) is 1.84. The molecule has 0 bridgehead atoms. The Hall–Kier alpha value is 0.490. The molecule has 9 heavy (non-hydrogen) atoms. The Morgan fingerprint density at radius 2 is 2.44 bits per heavy atom. The van der Waals surface area contributed by atoms with Crippen LogP contribution in [0.1, 0.15) is 6.92 Å². The van der Waals surface area contributed by atoms with Crippen LogP contribution in [0.15, 0.2) is 0 Å². The molecule has 0 aromatic rings. The summed E-state index contributed by atoms with van der Waals surface area (Å²) in [6.45, 7) is 1.84. The van der Waals surface area contributed by atoms with E-state index in [1.807, 2.05) is 6.92 Å². The van der Waals surface area contributed by atoms with Gasteiger partial charge in [0.25, 0.3) is 0 Å². The maximum absolute atomic E-state index is 11.1. The van der Waals surface area contributed by atoms with Gasteiger partial charge in [0.05, 0.1) is 5.75 Å².